The molecule has 0 aliphatic carbocycles. The normalized spacial score (nSPS) is 11.4. The molecule has 0 spiro atoms. The molecule has 1 aromatic carbocycles. The fraction of sp³-hybridized carbons (Fsp3) is 0.640. The Morgan fingerprint density at radius 1 is 0.786 bits per heavy atom. The van der Waals surface area contributed by atoms with E-state index in [1.54, 1.807) is 12.1 Å². The Balaban J connectivity index is 2.00. The number of ketones is 1. The van der Waals surface area contributed by atoms with Crippen LogP contribution in [0.25, 0.3) is 0 Å². The summed E-state index contributed by atoms with van der Waals surface area (Å²) in [4.78, 5) is 11.4. The smallest absolute Gasteiger partial charge is 0.168 e. The zero-order valence-electron chi connectivity index (χ0n) is 18.0. The molecule has 158 valence electrons. The van der Waals surface area contributed by atoms with Crippen LogP contribution in [0.5, 0.6) is 11.5 Å². The third-order valence-electron chi connectivity index (χ3n) is 5.32. The fourth-order valence-electron chi connectivity index (χ4n) is 3.48. The molecule has 0 heterocycles. The first-order chi connectivity index (χ1) is 13.6. The highest BCUT2D eigenvalue weighted by molar-refractivity contribution is 5.97. The molecule has 0 aliphatic rings. The summed E-state index contributed by atoms with van der Waals surface area (Å²) in [7, 11) is 0. The Bertz CT molecular complexity index is 590. The van der Waals surface area contributed by atoms with Crippen LogP contribution in [0.2, 0.25) is 0 Å². The number of unbranched alkanes of at least 4 members (excludes halogenated alkanes) is 11. The summed E-state index contributed by atoms with van der Waals surface area (Å²) in [5, 5.41) is 19.9. The van der Waals surface area contributed by atoms with Gasteiger partial charge in [0.05, 0.1) is 5.56 Å². The fourth-order valence-corrected chi connectivity index (χ4v) is 3.48. The molecule has 0 aliphatic heterocycles. The topological polar surface area (TPSA) is 57.5 Å². The van der Waals surface area contributed by atoms with Crippen molar-refractivity contribution in [1.82, 2.24) is 0 Å². The lowest BCUT2D eigenvalue weighted by atomic mass is 10.0. The van der Waals surface area contributed by atoms with E-state index in [1.165, 1.54) is 77.6 Å². The second-order valence-corrected chi connectivity index (χ2v) is 7.86. The molecule has 1 aromatic rings. The predicted molar refractivity (Wildman–Crippen MR) is 118 cm³/mol. The summed E-state index contributed by atoms with van der Waals surface area (Å²) >= 11 is 0. The lowest BCUT2D eigenvalue weighted by Gasteiger charge is -2.09. The van der Waals surface area contributed by atoms with Gasteiger partial charge in [0.2, 0.25) is 0 Å². The Hall–Kier alpha value is -1.77. The van der Waals surface area contributed by atoms with E-state index in [0.29, 0.717) is 0 Å². The average molecular weight is 389 g/mol. The standard InChI is InChI=1S/C25H40O3/c1-3-4-5-6-7-8-9-10-11-12-13-14-15-16-17-18-22-19-20-23(21(2)26)25(28)24(22)27/h6-7,19-20,27-28H,3-5,8-18H2,1-2H3/b7-6+. The zero-order chi connectivity index (χ0) is 20.6. The van der Waals surface area contributed by atoms with E-state index in [0.717, 1.165) is 24.8 Å². The van der Waals surface area contributed by atoms with Crippen LogP contribution in [0.4, 0.5) is 0 Å². The van der Waals surface area contributed by atoms with Gasteiger partial charge in [0.15, 0.2) is 17.3 Å². The maximum atomic E-state index is 11.4. The second-order valence-electron chi connectivity index (χ2n) is 7.86. The van der Waals surface area contributed by atoms with Crippen LogP contribution in [0.3, 0.4) is 0 Å². The van der Waals surface area contributed by atoms with Crippen LogP contribution in [-0.2, 0) is 6.42 Å². The van der Waals surface area contributed by atoms with Crippen molar-refractivity contribution in [3.8, 4) is 11.5 Å². The molecule has 0 saturated carbocycles. The summed E-state index contributed by atoms with van der Waals surface area (Å²) in [5.74, 6) is -0.642. The van der Waals surface area contributed by atoms with Gasteiger partial charge in [-0.25, -0.2) is 0 Å². The van der Waals surface area contributed by atoms with E-state index in [-0.39, 0.29) is 22.8 Å². The van der Waals surface area contributed by atoms with Crippen molar-refractivity contribution in [1.29, 1.82) is 0 Å². The van der Waals surface area contributed by atoms with Crippen LogP contribution in [0.1, 0.15) is 113 Å². The number of phenolic OH excluding ortho intramolecular Hbond substituents is 2. The Kier molecular flexibility index (Phi) is 13.2. The van der Waals surface area contributed by atoms with Crippen LogP contribution in [-0.4, -0.2) is 16.0 Å². The zero-order valence-corrected chi connectivity index (χ0v) is 18.0. The number of phenols is 2. The van der Waals surface area contributed by atoms with Crippen LogP contribution >= 0.6 is 0 Å². The SMILES string of the molecule is CCCC/C=C/CCCCCCCCCCCc1ccc(C(C)=O)c(O)c1O. The molecule has 0 saturated heterocycles. The number of allylic oxidation sites excluding steroid dienone is 2. The maximum Gasteiger partial charge on any atom is 0.168 e. The molecule has 0 aromatic heterocycles. The van der Waals surface area contributed by atoms with Gasteiger partial charge >= 0.3 is 0 Å². The first-order valence-electron chi connectivity index (χ1n) is 11.3. The molecular weight excluding hydrogens is 348 g/mol. The Morgan fingerprint density at radius 2 is 1.32 bits per heavy atom. The Morgan fingerprint density at radius 3 is 1.89 bits per heavy atom. The van der Waals surface area contributed by atoms with Crippen molar-refractivity contribution in [2.24, 2.45) is 0 Å². The third-order valence-corrected chi connectivity index (χ3v) is 5.32. The van der Waals surface area contributed by atoms with E-state index in [4.69, 9.17) is 0 Å². The summed E-state index contributed by atoms with van der Waals surface area (Å²) < 4.78 is 0. The number of rotatable bonds is 16. The summed E-state index contributed by atoms with van der Waals surface area (Å²) in [6.45, 7) is 3.62. The minimum Gasteiger partial charge on any atom is -0.504 e. The van der Waals surface area contributed by atoms with Crippen LogP contribution in [0, 0.1) is 0 Å². The minimum atomic E-state index is -0.276. The number of carbonyl (C=O) groups excluding carboxylic acids is 1. The maximum absolute atomic E-state index is 11.4. The molecule has 0 atom stereocenters. The van der Waals surface area contributed by atoms with Crippen LogP contribution < -0.4 is 0 Å². The molecule has 0 amide bonds. The van der Waals surface area contributed by atoms with Crippen molar-refractivity contribution >= 4 is 5.78 Å². The van der Waals surface area contributed by atoms with Crippen molar-refractivity contribution in [3.05, 3.63) is 35.4 Å². The van der Waals surface area contributed by atoms with Gasteiger partial charge < -0.3 is 10.2 Å². The number of hydrogen-bond donors (Lipinski definition) is 2. The highest BCUT2D eigenvalue weighted by Crippen LogP contribution is 2.33. The van der Waals surface area contributed by atoms with Gasteiger partial charge in [-0.2, -0.15) is 0 Å². The number of aryl methyl sites for hydroxylation is 1. The first-order valence-corrected chi connectivity index (χ1v) is 11.3. The van der Waals surface area contributed by atoms with E-state index >= 15 is 0 Å². The molecular formula is C25H40O3. The summed E-state index contributed by atoms with van der Waals surface area (Å²) in [5.41, 5.74) is 0.917. The van der Waals surface area contributed by atoms with Crippen LogP contribution in [0.15, 0.2) is 24.3 Å². The van der Waals surface area contributed by atoms with Crippen molar-refractivity contribution in [3.63, 3.8) is 0 Å². The van der Waals surface area contributed by atoms with Crippen molar-refractivity contribution < 1.29 is 15.0 Å². The van der Waals surface area contributed by atoms with E-state index in [1.807, 2.05) is 0 Å². The van der Waals surface area contributed by atoms with Gasteiger partial charge in [-0.1, -0.05) is 82.9 Å². The number of benzene rings is 1. The number of hydrogen-bond acceptors (Lipinski definition) is 3. The van der Waals surface area contributed by atoms with Gasteiger partial charge in [0.1, 0.15) is 0 Å². The number of aromatic hydroxyl groups is 2. The molecule has 28 heavy (non-hydrogen) atoms. The lowest BCUT2D eigenvalue weighted by molar-refractivity contribution is 0.101. The van der Waals surface area contributed by atoms with E-state index in [9.17, 15) is 15.0 Å². The lowest BCUT2D eigenvalue weighted by Crippen LogP contribution is -1.95. The monoisotopic (exact) mass is 388 g/mol. The van der Waals surface area contributed by atoms with Gasteiger partial charge in [0, 0.05) is 0 Å². The molecule has 0 unspecified atom stereocenters. The molecule has 3 heteroatoms. The first kappa shape index (κ1) is 24.3. The molecule has 0 radical (unpaired) electrons. The number of carbonyl (C=O) groups is 1. The van der Waals surface area contributed by atoms with E-state index < -0.39 is 0 Å². The summed E-state index contributed by atoms with van der Waals surface area (Å²) in [6.07, 6.45) is 21.8. The highest BCUT2D eigenvalue weighted by Gasteiger charge is 2.14. The quantitative estimate of drug-likeness (QED) is 0.133. The number of Topliss-reactive ketones (excluding diaryl/α,β-unsaturated/α-hetero) is 1. The molecule has 3 nitrogen and oxygen atoms in total. The minimum absolute atomic E-state index is 0.132. The van der Waals surface area contributed by atoms with E-state index in [2.05, 4.69) is 19.1 Å². The van der Waals surface area contributed by atoms with Gasteiger partial charge in [-0.15, -0.1) is 0 Å². The summed E-state index contributed by atoms with van der Waals surface area (Å²) in [6, 6.07) is 3.36. The Labute approximate surface area is 171 Å². The molecule has 1 rings (SSSR count). The van der Waals surface area contributed by atoms with Gasteiger partial charge in [-0.3, -0.25) is 4.79 Å². The molecule has 0 fully saturated rings. The molecule has 0 bridgehead atoms. The predicted octanol–water partition coefficient (Wildman–Crippen LogP) is 7.49. The van der Waals surface area contributed by atoms with Crippen molar-refractivity contribution in [2.75, 3.05) is 0 Å². The van der Waals surface area contributed by atoms with Gasteiger partial charge in [-0.05, 0) is 50.7 Å². The largest absolute Gasteiger partial charge is 0.504 e. The third kappa shape index (κ3) is 9.96. The second kappa shape index (κ2) is 15.2. The van der Waals surface area contributed by atoms with Gasteiger partial charge in [0.25, 0.3) is 0 Å². The highest BCUT2D eigenvalue weighted by atomic mass is 16.3. The van der Waals surface area contributed by atoms with Crippen molar-refractivity contribution in [2.45, 2.75) is 104 Å². The molecule has 2 N–H and O–H groups in total. The average Bonchev–Trinajstić information content (AvgIpc) is 2.67.